The monoisotopic (exact) mass is 551 g/mol. The summed E-state index contributed by atoms with van der Waals surface area (Å²) in [6.07, 6.45) is 3.89. The van der Waals surface area contributed by atoms with Crippen LogP contribution in [-0.2, 0) is 4.79 Å². The molecule has 1 fully saturated rings. The van der Waals surface area contributed by atoms with Crippen molar-refractivity contribution in [3.63, 3.8) is 0 Å². The quantitative estimate of drug-likeness (QED) is 0.213. The highest BCUT2D eigenvalue weighted by Gasteiger charge is 2.25. The van der Waals surface area contributed by atoms with Crippen molar-refractivity contribution in [1.82, 2.24) is 15.5 Å². The number of furan rings is 1. The average molecular weight is 551 g/mol. The van der Waals surface area contributed by atoms with Crippen molar-refractivity contribution >= 4 is 41.5 Å². The van der Waals surface area contributed by atoms with Crippen molar-refractivity contribution in [2.24, 2.45) is 4.99 Å². The zero-order valence-electron chi connectivity index (χ0n) is 17.0. The van der Waals surface area contributed by atoms with Gasteiger partial charge in [-0.25, -0.2) is 13.2 Å². The van der Waals surface area contributed by atoms with Gasteiger partial charge in [-0.05, 0) is 50.2 Å². The minimum Gasteiger partial charge on any atom is -0.468 e. The summed E-state index contributed by atoms with van der Waals surface area (Å²) >= 11 is 0. The molecule has 1 aromatic heterocycles. The molecule has 0 aliphatic carbocycles. The zero-order chi connectivity index (χ0) is 21.5. The SMILES string of the molecule is CN=C(NCC(=O)Nc1ccc(F)c(F)c1F)NCC(c1ccco1)N1CCCC1.I. The number of carbonyl (C=O) groups is 1. The lowest BCUT2D eigenvalue weighted by molar-refractivity contribution is -0.115. The van der Waals surface area contributed by atoms with Gasteiger partial charge >= 0.3 is 0 Å². The molecule has 1 aromatic carbocycles. The molecule has 170 valence electrons. The summed E-state index contributed by atoms with van der Waals surface area (Å²) in [5.41, 5.74) is -0.435. The lowest BCUT2D eigenvalue weighted by atomic mass is 10.2. The number of benzene rings is 1. The van der Waals surface area contributed by atoms with Crippen molar-refractivity contribution in [2.45, 2.75) is 18.9 Å². The van der Waals surface area contributed by atoms with Gasteiger partial charge in [0.1, 0.15) is 5.76 Å². The molecule has 3 N–H and O–H groups in total. The van der Waals surface area contributed by atoms with Crippen LogP contribution in [0.15, 0.2) is 39.9 Å². The van der Waals surface area contributed by atoms with Gasteiger partial charge in [0.05, 0.1) is 24.5 Å². The molecule has 1 aliphatic rings. The van der Waals surface area contributed by atoms with E-state index in [4.69, 9.17) is 4.42 Å². The maximum atomic E-state index is 13.7. The van der Waals surface area contributed by atoms with Crippen LogP contribution in [0.5, 0.6) is 0 Å². The van der Waals surface area contributed by atoms with Crippen LogP contribution in [0.1, 0.15) is 24.6 Å². The molecule has 1 saturated heterocycles. The van der Waals surface area contributed by atoms with Gasteiger partial charge in [-0.15, -0.1) is 24.0 Å². The number of aliphatic imine (C=N–C) groups is 1. The van der Waals surface area contributed by atoms with Crippen LogP contribution < -0.4 is 16.0 Å². The van der Waals surface area contributed by atoms with E-state index < -0.39 is 29.0 Å². The van der Waals surface area contributed by atoms with Gasteiger partial charge in [0.2, 0.25) is 5.91 Å². The van der Waals surface area contributed by atoms with Crippen LogP contribution >= 0.6 is 24.0 Å². The number of hydrogen-bond donors (Lipinski definition) is 3. The van der Waals surface area contributed by atoms with Crippen molar-refractivity contribution in [2.75, 3.05) is 38.5 Å². The fourth-order valence-electron chi connectivity index (χ4n) is 3.34. The summed E-state index contributed by atoms with van der Waals surface area (Å²) in [4.78, 5) is 18.4. The number of nitrogens with zero attached hydrogens (tertiary/aromatic N) is 2. The first kappa shape index (κ1) is 25.0. The Morgan fingerprint density at radius 2 is 1.90 bits per heavy atom. The Bertz CT molecular complexity index is 889. The third-order valence-corrected chi connectivity index (χ3v) is 4.87. The Morgan fingerprint density at radius 3 is 2.55 bits per heavy atom. The second-order valence-electron chi connectivity index (χ2n) is 6.85. The van der Waals surface area contributed by atoms with Crippen molar-refractivity contribution in [3.8, 4) is 0 Å². The van der Waals surface area contributed by atoms with Crippen LogP contribution in [0.25, 0.3) is 0 Å². The van der Waals surface area contributed by atoms with Gasteiger partial charge in [-0.2, -0.15) is 0 Å². The van der Waals surface area contributed by atoms with Crippen LogP contribution in [0.3, 0.4) is 0 Å². The van der Waals surface area contributed by atoms with Crippen LogP contribution in [-0.4, -0.2) is 50.0 Å². The Hall–Kier alpha value is -2.28. The number of nitrogens with one attached hydrogen (secondary N) is 3. The molecule has 0 radical (unpaired) electrons. The van der Waals surface area contributed by atoms with E-state index in [2.05, 4.69) is 25.8 Å². The molecule has 0 saturated carbocycles. The minimum atomic E-state index is -1.64. The number of likely N-dealkylation sites (tertiary alicyclic amines) is 1. The summed E-state index contributed by atoms with van der Waals surface area (Å²) in [7, 11) is 1.56. The van der Waals surface area contributed by atoms with Crippen molar-refractivity contribution in [1.29, 1.82) is 0 Å². The number of halogens is 4. The van der Waals surface area contributed by atoms with Gasteiger partial charge in [0.15, 0.2) is 23.4 Å². The lowest BCUT2D eigenvalue weighted by Gasteiger charge is -2.26. The van der Waals surface area contributed by atoms with E-state index in [0.717, 1.165) is 43.8 Å². The average Bonchev–Trinajstić information content (AvgIpc) is 3.46. The van der Waals surface area contributed by atoms with E-state index in [0.29, 0.717) is 12.5 Å². The molecule has 7 nitrogen and oxygen atoms in total. The Kier molecular flexibility index (Phi) is 9.62. The number of amides is 1. The predicted molar refractivity (Wildman–Crippen MR) is 122 cm³/mol. The zero-order valence-corrected chi connectivity index (χ0v) is 19.3. The van der Waals surface area contributed by atoms with Crippen LogP contribution in [0, 0.1) is 17.5 Å². The molecule has 1 atom stereocenters. The Labute approximate surface area is 195 Å². The van der Waals surface area contributed by atoms with Crippen molar-refractivity contribution < 1.29 is 22.4 Å². The van der Waals surface area contributed by atoms with Gasteiger partial charge in [0.25, 0.3) is 0 Å². The second kappa shape index (κ2) is 11.9. The number of rotatable bonds is 7. The molecule has 11 heteroatoms. The van der Waals surface area contributed by atoms with Crippen LogP contribution in [0.2, 0.25) is 0 Å². The third kappa shape index (κ3) is 6.60. The fourth-order valence-corrected chi connectivity index (χ4v) is 3.34. The molecule has 0 spiro atoms. The Balaban J connectivity index is 0.00000341. The first-order valence-electron chi connectivity index (χ1n) is 9.65. The van der Waals surface area contributed by atoms with Gasteiger partial charge in [-0.3, -0.25) is 14.7 Å². The number of carbonyl (C=O) groups excluding carboxylic acids is 1. The summed E-state index contributed by atoms with van der Waals surface area (Å²) in [5, 5.41) is 8.17. The number of guanidine groups is 1. The first-order chi connectivity index (χ1) is 14.5. The summed E-state index contributed by atoms with van der Waals surface area (Å²) in [6, 6.07) is 5.49. The number of hydrogen-bond acceptors (Lipinski definition) is 4. The predicted octanol–water partition coefficient (Wildman–Crippen LogP) is 3.26. The maximum absolute atomic E-state index is 13.7. The molecule has 1 amide bonds. The van der Waals surface area contributed by atoms with Crippen molar-refractivity contribution in [3.05, 3.63) is 53.7 Å². The molecule has 2 heterocycles. The standard InChI is InChI=1S/C20H24F3N5O2.HI/c1-24-20(25-11-15(16-5-4-10-30-16)28-8-2-3-9-28)26-12-17(29)27-14-7-6-13(21)18(22)19(14)23;/h4-7,10,15H,2-3,8-9,11-12H2,1H3,(H,27,29)(H2,24,25,26);1H. The molecule has 2 aromatic rings. The van der Waals surface area contributed by atoms with E-state index >= 15 is 0 Å². The largest absolute Gasteiger partial charge is 0.468 e. The van der Waals surface area contributed by atoms with E-state index in [1.807, 2.05) is 12.1 Å². The number of anilines is 1. The molecule has 0 bridgehead atoms. The smallest absolute Gasteiger partial charge is 0.243 e. The molecular weight excluding hydrogens is 526 g/mol. The Morgan fingerprint density at radius 1 is 1.16 bits per heavy atom. The summed E-state index contributed by atoms with van der Waals surface area (Å²) < 4.78 is 45.5. The topological polar surface area (TPSA) is 81.9 Å². The normalized spacial score (nSPS) is 15.3. The van der Waals surface area contributed by atoms with E-state index in [1.54, 1.807) is 13.3 Å². The van der Waals surface area contributed by atoms with Gasteiger partial charge in [-0.1, -0.05) is 0 Å². The fraction of sp³-hybridized carbons (Fsp3) is 0.400. The second-order valence-corrected chi connectivity index (χ2v) is 6.85. The van der Waals surface area contributed by atoms with Gasteiger partial charge in [0, 0.05) is 13.6 Å². The third-order valence-electron chi connectivity index (χ3n) is 4.87. The first-order valence-corrected chi connectivity index (χ1v) is 9.65. The molecule has 1 unspecified atom stereocenters. The molecule has 31 heavy (non-hydrogen) atoms. The minimum absolute atomic E-state index is 0. The molecule has 3 rings (SSSR count). The summed E-state index contributed by atoms with van der Waals surface area (Å²) in [5.74, 6) is -3.83. The molecule has 1 aliphatic heterocycles. The van der Waals surface area contributed by atoms with E-state index in [1.165, 1.54) is 0 Å². The highest BCUT2D eigenvalue weighted by atomic mass is 127. The summed E-state index contributed by atoms with van der Waals surface area (Å²) in [6.45, 7) is 2.21. The maximum Gasteiger partial charge on any atom is 0.243 e. The highest BCUT2D eigenvalue weighted by molar-refractivity contribution is 14.0. The van der Waals surface area contributed by atoms with Gasteiger partial charge < -0.3 is 20.4 Å². The van der Waals surface area contributed by atoms with E-state index in [-0.39, 0.29) is 36.6 Å². The van der Waals surface area contributed by atoms with E-state index in [9.17, 15) is 18.0 Å². The highest BCUT2D eigenvalue weighted by Crippen LogP contribution is 2.24. The lowest BCUT2D eigenvalue weighted by Crippen LogP contribution is -2.44. The van der Waals surface area contributed by atoms with Crippen LogP contribution in [0.4, 0.5) is 18.9 Å². The molecular formula is C20H25F3IN5O2.